The van der Waals surface area contributed by atoms with Crippen LogP contribution in [-0.2, 0) is 14.6 Å². The smallest absolute Gasteiger partial charge is 0.328 e. The molecule has 1 aromatic carbocycles. The van der Waals surface area contributed by atoms with Gasteiger partial charge in [-0.2, -0.15) is 0 Å². The lowest BCUT2D eigenvalue weighted by Crippen LogP contribution is -2.30. The Bertz CT molecular complexity index is 493. The molecule has 1 aromatic rings. The number of hydrogen-bond donors (Lipinski definition) is 1. The summed E-state index contributed by atoms with van der Waals surface area (Å²) >= 11 is 0. The molecule has 0 spiro atoms. The maximum Gasteiger partial charge on any atom is 0.328 e. The Morgan fingerprint density at radius 1 is 1.44 bits per heavy atom. The third-order valence-electron chi connectivity index (χ3n) is 1.82. The summed E-state index contributed by atoms with van der Waals surface area (Å²) in [5.74, 6) is -0.434. The van der Waals surface area contributed by atoms with Crippen molar-refractivity contribution in [2.75, 3.05) is 6.26 Å². The van der Waals surface area contributed by atoms with Crippen LogP contribution in [0.25, 0.3) is 0 Å². The lowest BCUT2D eigenvalue weighted by molar-refractivity contribution is -0.135. The van der Waals surface area contributed by atoms with Gasteiger partial charge >= 0.3 is 5.97 Å². The summed E-state index contributed by atoms with van der Waals surface area (Å²) < 4.78 is 27.4. The van der Waals surface area contributed by atoms with Crippen molar-refractivity contribution >= 4 is 15.8 Å². The molecule has 0 aliphatic carbocycles. The molecule has 88 valence electrons. The van der Waals surface area contributed by atoms with Crippen molar-refractivity contribution in [2.24, 2.45) is 5.73 Å². The molecule has 0 radical (unpaired) electrons. The Morgan fingerprint density at radius 3 is 2.56 bits per heavy atom. The minimum atomic E-state index is -3.30. The van der Waals surface area contributed by atoms with Gasteiger partial charge < -0.3 is 10.5 Å². The van der Waals surface area contributed by atoms with Crippen molar-refractivity contribution in [1.29, 1.82) is 0 Å². The average Bonchev–Trinajstić information content (AvgIpc) is 2.16. The zero-order valence-corrected chi connectivity index (χ0v) is 9.82. The molecule has 0 saturated heterocycles. The normalized spacial score (nSPS) is 13.2. The van der Waals surface area contributed by atoms with E-state index in [0.717, 1.165) is 6.26 Å². The van der Waals surface area contributed by atoms with Gasteiger partial charge in [-0.1, -0.05) is 6.07 Å². The standard InChI is InChI=1S/C10H13NO4S/c1-7(11)10(12)15-8-4-3-5-9(6-8)16(2,13)14/h3-7H,11H2,1-2H3/t7-/m0/s1. The van der Waals surface area contributed by atoms with Crippen molar-refractivity contribution in [2.45, 2.75) is 17.9 Å². The first-order valence-corrected chi connectivity index (χ1v) is 6.47. The summed E-state index contributed by atoms with van der Waals surface area (Å²) in [6.07, 6.45) is 1.08. The molecule has 0 unspecified atom stereocenters. The van der Waals surface area contributed by atoms with Crippen LogP contribution in [-0.4, -0.2) is 26.7 Å². The van der Waals surface area contributed by atoms with E-state index in [0.29, 0.717) is 0 Å². The molecule has 0 bridgehead atoms. The maximum absolute atomic E-state index is 11.2. The van der Waals surface area contributed by atoms with Crippen LogP contribution in [0.2, 0.25) is 0 Å². The van der Waals surface area contributed by atoms with Gasteiger partial charge in [0.2, 0.25) is 0 Å². The van der Waals surface area contributed by atoms with Crippen molar-refractivity contribution in [1.82, 2.24) is 0 Å². The predicted molar refractivity (Wildman–Crippen MR) is 58.8 cm³/mol. The summed E-state index contributed by atoms with van der Waals surface area (Å²) in [5, 5.41) is 0. The van der Waals surface area contributed by atoms with Crippen LogP contribution in [0.5, 0.6) is 5.75 Å². The molecule has 1 rings (SSSR count). The number of nitrogens with two attached hydrogens (primary N) is 1. The topological polar surface area (TPSA) is 86.5 Å². The van der Waals surface area contributed by atoms with E-state index in [1.165, 1.54) is 31.2 Å². The number of sulfone groups is 1. The highest BCUT2D eigenvalue weighted by molar-refractivity contribution is 7.90. The van der Waals surface area contributed by atoms with Crippen LogP contribution in [0.4, 0.5) is 0 Å². The van der Waals surface area contributed by atoms with Crippen LogP contribution in [0.15, 0.2) is 29.2 Å². The molecule has 0 saturated carbocycles. The molecule has 16 heavy (non-hydrogen) atoms. The highest BCUT2D eigenvalue weighted by Gasteiger charge is 2.12. The fourth-order valence-corrected chi connectivity index (χ4v) is 1.63. The highest BCUT2D eigenvalue weighted by Crippen LogP contribution is 2.17. The molecule has 0 aliphatic rings. The van der Waals surface area contributed by atoms with Crippen molar-refractivity contribution in [3.8, 4) is 5.75 Å². The van der Waals surface area contributed by atoms with Crippen LogP contribution in [0.1, 0.15) is 6.92 Å². The van der Waals surface area contributed by atoms with Crippen LogP contribution in [0, 0.1) is 0 Å². The first-order chi connectivity index (χ1) is 7.30. The number of carbonyl (C=O) groups is 1. The minimum Gasteiger partial charge on any atom is -0.425 e. The fourth-order valence-electron chi connectivity index (χ4n) is 0.977. The Kier molecular flexibility index (Phi) is 3.66. The molecule has 1 atom stereocenters. The number of hydrogen-bond acceptors (Lipinski definition) is 5. The first-order valence-electron chi connectivity index (χ1n) is 4.58. The maximum atomic E-state index is 11.2. The second kappa shape index (κ2) is 4.63. The van der Waals surface area contributed by atoms with E-state index >= 15 is 0 Å². The molecular weight excluding hydrogens is 230 g/mol. The average molecular weight is 243 g/mol. The molecule has 0 amide bonds. The van der Waals surface area contributed by atoms with Gasteiger partial charge in [-0.15, -0.1) is 0 Å². The molecule has 0 aromatic heterocycles. The Labute approximate surface area is 94.1 Å². The molecule has 0 heterocycles. The summed E-state index contributed by atoms with van der Waals surface area (Å²) in [7, 11) is -3.30. The second-order valence-corrected chi connectivity index (χ2v) is 5.47. The summed E-state index contributed by atoms with van der Waals surface area (Å²) in [4.78, 5) is 11.3. The summed E-state index contributed by atoms with van der Waals surface area (Å²) in [6, 6.07) is 4.96. The first kappa shape index (κ1) is 12.7. The van der Waals surface area contributed by atoms with Gasteiger partial charge in [0.25, 0.3) is 0 Å². The Hall–Kier alpha value is -1.40. The number of esters is 1. The molecule has 0 fully saturated rings. The summed E-state index contributed by atoms with van der Waals surface area (Å²) in [6.45, 7) is 1.49. The van der Waals surface area contributed by atoms with Gasteiger partial charge in [-0.3, -0.25) is 0 Å². The van der Waals surface area contributed by atoms with E-state index < -0.39 is 21.8 Å². The predicted octanol–water partition coefficient (Wildman–Crippen LogP) is 0.343. The van der Waals surface area contributed by atoms with Gasteiger partial charge in [0.15, 0.2) is 9.84 Å². The number of ether oxygens (including phenoxy) is 1. The number of carbonyl (C=O) groups excluding carboxylic acids is 1. The van der Waals surface area contributed by atoms with Crippen LogP contribution < -0.4 is 10.5 Å². The molecular formula is C10H13NO4S. The van der Waals surface area contributed by atoms with Crippen molar-refractivity contribution < 1.29 is 17.9 Å². The lowest BCUT2D eigenvalue weighted by Gasteiger charge is -2.07. The second-order valence-electron chi connectivity index (χ2n) is 3.46. The van der Waals surface area contributed by atoms with E-state index in [1.807, 2.05) is 0 Å². The van der Waals surface area contributed by atoms with E-state index in [4.69, 9.17) is 10.5 Å². The van der Waals surface area contributed by atoms with Crippen molar-refractivity contribution in [3.63, 3.8) is 0 Å². The SMILES string of the molecule is C[C@H](N)C(=O)Oc1cccc(S(C)(=O)=O)c1. The van der Waals surface area contributed by atoms with E-state index in [2.05, 4.69) is 0 Å². The number of benzene rings is 1. The van der Waals surface area contributed by atoms with E-state index in [1.54, 1.807) is 0 Å². The lowest BCUT2D eigenvalue weighted by atomic mass is 10.3. The molecule has 6 heteroatoms. The largest absolute Gasteiger partial charge is 0.425 e. The Balaban J connectivity index is 2.96. The third kappa shape index (κ3) is 3.32. The monoisotopic (exact) mass is 243 g/mol. The zero-order valence-electron chi connectivity index (χ0n) is 9.01. The third-order valence-corrected chi connectivity index (χ3v) is 2.93. The van der Waals surface area contributed by atoms with Gasteiger partial charge in [0, 0.05) is 6.26 Å². The van der Waals surface area contributed by atoms with Crippen LogP contribution >= 0.6 is 0 Å². The minimum absolute atomic E-state index is 0.0995. The quantitative estimate of drug-likeness (QED) is 0.611. The van der Waals surface area contributed by atoms with Crippen molar-refractivity contribution in [3.05, 3.63) is 24.3 Å². The number of rotatable bonds is 3. The van der Waals surface area contributed by atoms with Gasteiger partial charge in [0.1, 0.15) is 11.8 Å². The van der Waals surface area contributed by atoms with Gasteiger partial charge in [-0.25, -0.2) is 13.2 Å². The Morgan fingerprint density at radius 2 is 2.06 bits per heavy atom. The molecule has 2 N–H and O–H groups in total. The van der Waals surface area contributed by atoms with Crippen LogP contribution in [0.3, 0.4) is 0 Å². The molecule has 0 aliphatic heterocycles. The van der Waals surface area contributed by atoms with Gasteiger partial charge in [-0.05, 0) is 25.1 Å². The highest BCUT2D eigenvalue weighted by atomic mass is 32.2. The zero-order chi connectivity index (χ0) is 12.3. The molecule has 5 nitrogen and oxygen atoms in total. The summed E-state index contributed by atoms with van der Waals surface area (Å²) in [5.41, 5.74) is 5.31. The fraction of sp³-hybridized carbons (Fsp3) is 0.300. The van der Waals surface area contributed by atoms with E-state index in [9.17, 15) is 13.2 Å². The van der Waals surface area contributed by atoms with Gasteiger partial charge in [0.05, 0.1) is 4.90 Å². The van der Waals surface area contributed by atoms with E-state index in [-0.39, 0.29) is 10.6 Å².